The second-order valence-electron chi connectivity index (χ2n) is 6.12. The molecule has 2 N–H and O–H groups in total. The molecule has 2 heterocycles. The average Bonchev–Trinajstić information content (AvgIpc) is 2.99. The molecule has 0 radical (unpaired) electrons. The van der Waals surface area contributed by atoms with E-state index in [1.807, 2.05) is 0 Å². The van der Waals surface area contributed by atoms with Crippen molar-refractivity contribution in [1.29, 1.82) is 0 Å². The van der Waals surface area contributed by atoms with E-state index in [1.54, 1.807) is 37.3 Å². The number of hydrogen-bond donors (Lipinski definition) is 2. The van der Waals surface area contributed by atoms with Crippen molar-refractivity contribution in [3.05, 3.63) is 81.9 Å². The highest BCUT2D eigenvalue weighted by atomic mass is 19.1. The van der Waals surface area contributed by atoms with Gasteiger partial charge in [0.15, 0.2) is 0 Å². The first-order valence-corrected chi connectivity index (χ1v) is 8.17. The molecule has 0 aliphatic heterocycles. The fraction of sp³-hybridized carbons (Fsp3) is 0.0500. The quantitative estimate of drug-likeness (QED) is 0.583. The van der Waals surface area contributed by atoms with E-state index in [-0.39, 0.29) is 5.56 Å². The van der Waals surface area contributed by atoms with Gasteiger partial charge in [0, 0.05) is 17.2 Å². The van der Waals surface area contributed by atoms with Crippen LogP contribution in [-0.4, -0.2) is 25.7 Å². The Kier molecular flexibility index (Phi) is 3.84. The third kappa shape index (κ3) is 2.79. The Morgan fingerprint density at radius 1 is 1.15 bits per heavy atom. The van der Waals surface area contributed by atoms with Crippen LogP contribution >= 0.6 is 0 Å². The number of fused-ring (bicyclic) bond motifs is 1. The number of aromatic amines is 1. The van der Waals surface area contributed by atoms with Crippen LogP contribution in [0, 0.1) is 12.7 Å². The average molecular weight is 363 g/mol. The van der Waals surface area contributed by atoms with Crippen molar-refractivity contribution in [1.82, 2.24) is 14.6 Å². The van der Waals surface area contributed by atoms with Gasteiger partial charge in [0.2, 0.25) is 0 Å². The second-order valence-corrected chi connectivity index (χ2v) is 6.12. The van der Waals surface area contributed by atoms with Gasteiger partial charge < -0.3 is 10.1 Å². The molecule has 4 rings (SSSR count). The Morgan fingerprint density at radius 3 is 2.67 bits per heavy atom. The van der Waals surface area contributed by atoms with Gasteiger partial charge in [-0.05, 0) is 36.8 Å². The number of aryl methyl sites for hydroxylation is 1. The predicted octanol–water partition coefficient (Wildman–Crippen LogP) is 3.50. The Hall–Kier alpha value is -3.74. The largest absolute Gasteiger partial charge is 0.478 e. The number of nitrogens with zero attached hydrogens (tertiary/aromatic N) is 2. The number of aromatic nitrogens is 3. The third-order valence-corrected chi connectivity index (χ3v) is 4.40. The number of rotatable bonds is 3. The lowest BCUT2D eigenvalue weighted by Crippen LogP contribution is -2.14. The van der Waals surface area contributed by atoms with Crippen LogP contribution < -0.4 is 5.56 Å². The van der Waals surface area contributed by atoms with Crippen molar-refractivity contribution < 1.29 is 14.3 Å². The molecule has 0 amide bonds. The third-order valence-electron chi connectivity index (χ3n) is 4.40. The molecular formula is C20H14FN3O3. The zero-order valence-corrected chi connectivity index (χ0v) is 14.2. The normalized spacial score (nSPS) is 11.0. The summed E-state index contributed by atoms with van der Waals surface area (Å²) in [6, 6.07) is 13.8. The molecule has 7 heteroatoms. The monoisotopic (exact) mass is 363 g/mol. The summed E-state index contributed by atoms with van der Waals surface area (Å²) >= 11 is 0. The topological polar surface area (TPSA) is 87.5 Å². The van der Waals surface area contributed by atoms with Gasteiger partial charge in [-0.3, -0.25) is 4.79 Å². The molecule has 0 atom stereocenters. The number of nitrogens with one attached hydrogen (secondary N) is 1. The summed E-state index contributed by atoms with van der Waals surface area (Å²) < 4.78 is 15.3. The number of carboxylic acids is 1. The Bertz CT molecular complexity index is 1260. The van der Waals surface area contributed by atoms with E-state index in [0.29, 0.717) is 33.7 Å². The molecule has 4 aromatic rings. The first-order chi connectivity index (χ1) is 13.0. The molecule has 2 aromatic heterocycles. The highest BCUT2D eigenvalue weighted by Crippen LogP contribution is 2.27. The lowest BCUT2D eigenvalue weighted by Gasteiger charge is -2.04. The summed E-state index contributed by atoms with van der Waals surface area (Å²) in [5.41, 5.74) is 2.46. The van der Waals surface area contributed by atoms with Crippen molar-refractivity contribution in [2.24, 2.45) is 0 Å². The molecule has 27 heavy (non-hydrogen) atoms. The maximum Gasteiger partial charge on any atom is 0.335 e. The number of carboxylic acid groups (broad SMARTS) is 1. The molecule has 0 spiro atoms. The van der Waals surface area contributed by atoms with E-state index < -0.39 is 17.3 Å². The van der Waals surface area contributed by atoms with Crippen molar-refractivity contribution >= 4 is 11.6 Å². The fourth-order valence-corrected chi connectivity index (χ4v) is 3.03. The number of hydrogen-bond acceptors (Lipinski definition) is 3. The Balaban J connectivity index is 1.94. The van der Waals surface area contributed by atoms with Crippen molar-refractivity contribution in [2.75, 3.05) is 0 Å². The van der Waals surface area contributed by atoms with Gasteiger partial charge in [0.1, 0.15) is 17.2 Å². The zero-order chi connectivity index (χ0) is 19.1. The van der Waals surface area contributed by atoms with Gasteiger partial charge >= 0.3 is 5.97 Å². The van der Waals surface area contributed by atoms with Crippen LogP contribution in [0.4, 0.5) is 4.39 Å². The van der Waals surface area contributed by atoms with Crippen LogP contribution in [0.25, 0.3) is 28.2 Å². The lowest BCUT2D eigenvalue weighted by atomic mass is 10.1. The SMILES string of the molecule is Cc1c(-c2ccccc2F)nn2c(=O)cc(-c3cccc(C(=O)O)c3)[nH]c12. The van der Waals surface area contributed by atoms with Crippen LogP contribution in [0.2, 0.25) is 0 Å². The predicted molar refractivity (Wildman–Crippen MR) is 98.3 cm³/mol. The van der Waals surface area contributed by atoms with Crippen LogP contribution in [0.5, 0.6) is 0 Å². The molecule has 2 aromatic carbocycles. The lowest BCUT2D eigenvalue weighted by molar-refractivity contribution is 0.0697. The van der Waals surface area contributed by atoms with Gasteiger partial charge in [-0.15, -0.1) is 0 Å². The second kappa shape index (κ2) is 6.21. The molecule has 134 valence electrons. The molecule has 0 aliphatic rings. The van der Waals surface area contributed by atoms with E-state index >= 15 is 0 Å². The highest BCUT2D eigenvalue weighted by Gasteiger charge is 2.17. The summed E-state index contributed by atoms with van der Waals surface area (Å²) in [6.45, 7) is 1.75. The highest BCUT2D eigenvalue weighted by molar-refractivity contribution is 5.89. The van der Waals surface area contributed by atoms with E-state index in [4.69, 9.17) is 5.11 Å². The maximum atomic E-state index is 14.2. The summed E-state index contributed by atoms with van der Waals surface area (Å²) in [5, 5.41) is 13.4. The van der Waals surface area contributed by atoms with E-state index in [1.165, 1.54) is 28.8 Å². The minimum absolute atomic E-state index is 0.116. The molecule has 0 saturated heterocycles. The standard InChI is InChI=1S/C20H14FN3O3/c1-11-18(14-7-2-3-8-15(14)21)23-24-17(25)10-16(22-19(11)24)12-5-4-6-13(9-12)20(26)27/h2-10,22H,1H3,(H,26,27). The fourth-order valence-electron chi connectivity index (χ4n) is 3.03. The van der Waals surface area contributed by atoms with Gasteiger partial charge in [0.05, 0.1) is 11.3 Å². The van der Waals surface area contributed by atoms with Gasteiger partial charge in [-0.2, -0.15) is 9.61 Å². The summed E-state index contributed by atoms with van der Waals surface area (Å²) in [7, 11) is 0. The summed E-state index contributed by atoms with van der Waals surface area (Å²) in [4.78, 5) is 26.8. The van der Waals surface area contributed by atoms with Gasteiger partial charge in [0.25, 0.3) is 5.56 Å². The number of aromatic carboxylic acids is 1. The minimum Gasteiger partial charge on any atom is -0.478 e. The number of benzene rings is 2. The molecule has 0 saturated carbocycles. The summed E-state index contributed by atoms with van der Waals surface area (Å²) in [6.07, 6.45) is 0. The smallest absolute Gasteiger partial charge is 0.335 e. The van der Waals surface area contributed by atoms with Gasteiger partial charge in [-0.1, -0.05) is 24.3 Å². The van der Waals surface area contributed by atoms with Crippen LogP contribution in [-0.2, 0) is 0 Å². The van der Waals surface area contributed by atoms with Crippen LogP contribution in [0.1, 0.15) is 15.9 Å². The van der Waals surface area contributed by atoms with Crippen LogP contribution in [0.3, 0.4) is 0 Å². The first-order valence-electron chi connectivity index (χ1n) is 8.17. The molecule has 0 unspecified atom stereocenters. The Labute approximate surface area is 152 Å². The number of H-pyrrole nitrogens is 1. The van der Waals surface area contributed by atoms with E-state index in [9.17, 15) is 14.0 Å². The zero-order valence-electron chi connectivity index (χ0n) is 14.2. The molecule has 0 aliphatic carbocycles. The van der Waals surface area contributed by atoms with E-state index in [0.717, 1.165) is 0 Å². The Morgan fingerprint density at radius 2 is 1.93 bits per heavy atom. The molecule has 0 fully saturated rings. The molecular weight excluding hydrogens is 349 g/mol. The number of carbonyl (C=O) groups is 1. The maximum absolute atomic E-state index is 14.2. The molecule has 0 bridgehead atoms. The van der Waals surface area contributed by atoms with Crippen LogP contribution in [0.15, 0.2) is 59.4 Å². The van der Waals surface area contributed by atoms with Gasteiger partial charge in [-0.25, -0.2) is 9.18 Å². The van der Waals surface area contributed by atoms with Crippen molar-refractivity contribution in [3.63, 3.8) is 0 Å². The number of halogens is 1. The molecule has 6 nitrogen and oxygen atoms in total. The van der Waals surface area contributed by atoms with E-state index in [2.05, 4.69) is 10.1 Å². The van der Waals surface area contributed by atoms with Crippen molar-refractivity contribution in [3.8, 4) is 22.5 Å². The minimum atomic E-state index is -1.05. The summed E-state index contributed by atoms with van der Waals surface area (Å²) in [5.74, 6) is -1.48. The first kappa shape index (κ1) is 16.7. The van der Waals surface area contributed by atoms with Crippen molar-refractivity contribution in [2.45, 2.75) is 6.92 Å².